The highest BCUT2D eigenvalue weighted by Gasteiger charge is 2.29. The molecular formula is C18H14IO. The molecule has 0 unspecified atom stereocenters. The Balaban J connectivity index is 2.11. The van der Waals surface area contributed by atoms with Crippen molar-refractivity contribution in [2.75, 3.05) is 0 Å². The van der Waals surface area contributed by atoms with Gasteiger partial charge in [0.05, 0.1) is 0 Å². The van der Waals surface area contributed by atoms with E-state index in [4.69, 9.17) is 0 Å². The normalized spacial score (nSPS) is 10.7. The van der Waals surface area contributed by atoms with Crippen LogP contribution in [0.1, 0.15) is 0 Å². The highest BCUT2D eigenvalue weighted by molar-refractivity contribution is 5.18. The highest BCUT2D eigenvalue weighted by atomic mass is 127. The minimum Gasteiger partial charge on any atom is -0.872 e. The molecule has 0 amide bonds. The third kappa shape index (κ3) is 2.85. The van der Waals surface area contributed by atoms with Gasteiger partial charge < -0.3 is 5.11 Å². The van der Waals surface area contributed by atoms with Gasteiger partial charge in [0.25, 0.3) is 0 Å². The SMILES string of the molecule is [O-]c1ccc([I+](c2ccccc2)c2ccccc2)cc1. The third-order valence-electron chi connectivity index (χ3n) is 2.93. The van der Waals surface area contributed by atoms with Crippen molar-refractivity contribution < 1.29 is 24.9 Å². The lowest BCUT2D eigenvalue weighted by Gasteiger charge is -2.08. The Kier molecular flexibility index (Phi) is 4.02. The highest BCUT2D eigenvalue weighted by Crippen LogP contribution is 2.00. The molecule has 1 nitrogen and oxygen atoms in total. The minimum absolute atomic E-state index is 0.0747. The molecule has 0 saturated heterocycles. The van der Waals surface area contributed by atoms with E-state index in [9.17, 15) is 5.11 Å². The second-order valence-electron chi connectivity index (χ2n) is 4.33. The van der Waals surface area contributed by atoms with Crippen LogP contribution in [-0.2, 0) is 0 Å². The fourth-order valence-electron chi connectivity index (χ4n) is 2.02. The first-order valence-corrected chi connectivity index (χ1v) is 9.65. The van der Waals surface area contributed by atoms with Gasteiger partial charge in [-0.2, -0.15) is 0 Å². The Morgan fingerprint density at radius 3 is 1.35 bits per heavy atom. The molecule has 0 aliphatic rings. The van der Waals surface area contributed by atoms with Crippen LogP contribution in [0.25, 0.3) is 0 Å². The summed E-state index contributed by atoms with van der Waals surface area (Å²) in [5.41, 5.74) is 0. The average molecular weight is 373 g/mol. The molecule has 20 heavy (non-hydrogen) atoms. The number of halogens is 1. The second kappa shape index (κ2) is 6.09. The standard InChI is InChI=1S/C18H15IO/c20-18-13-11-17(12-14-18)19(15-7-3-1-4-8-15)16-9-5-2-6-10-16/h1-14,20H/q+1/p-1. The molecule has 0 saturated carbocycles. The Labute approximate surface area is 126 Å². The summed E-state index contributed by atoms with van der Waals surface area (Å²) in [5.74, 6) is 0.0747. The van der Waals surface area contributed by atoms with Crippen molar-refractivity contribution in [2.24, 2.45) is 0 Å². The van der Waals surface area contributed by atoms with Gasteiger partial charge in [0.1, 0.15) is 0 Å². The van der Waals surface area contributed by atoms with Gasteiger partial charge in [-0.25, -0.2) is 0 Å². The maximum atomic E-state index is 11.3. The molecular weight excluding hydrogens is 359 g/mol. The van der Waals surface area contributed by atoms with E-state index in [1.54, 1.807) is 12.1 Å². The molecule has 0 N–H and O–H groups in total. The van der Waals surface area contributed by atoms with Crippen LogP contribution in [0.4, 0.5) is 0 Å². The van der Waals surface area contributed by atoms with Gasteiger partial charge in [0, 0.05) is 0 Å². The van der Waals surface area contributed by atoms with Crippen molar-refractivity contribution in [3.8, 4) is 5.75 Å². The number of benzene rings is 3. The van der Waals surface area contributed by atoms with Crippen LogP contribution in [0.3, 0.4) is 0 Å². The molecule has 0 bridgehead atoms. The van der Waals surface area contributed by atoms with Crippen molar-refractivity contribution in [2.45, 2.75) is 0 Å². The molecule has 0 heterocycles. The molecule has 2 heteroatoms. The molecule has 0 fully saturated rings. The van der Waals surface area contributed by atoms with Crippen molar-refractivity contribution >= 4 is 0 Å². The van der Waals surface area contributed by atoms with E-state index < -0.39 is 19.8 Å². The first-order valence-electron chi connectivity index (χ1n) is 6.41. The predicted octanol–water partition coefficient (Wildman–Crippen LogP) is 0.294. The van der Waals surface area contributed by atoms with E-state index in [-0.39, 0.29) is 5.75 Å². The Hall–Kier alpha value is -1.81. The van der Waals surface area contributed by atoms with Gasteiger partial charge in [-0.15, -0.1) is 5.75 Å². The van der Waals surface area contributed by atoms with Crippen LogP contribution < -0.4 is 24.9 Å². The molecule has 3 aromatic carbocycles. The topological polar surface area (TPSA) is 23.1 Å². The van der Waals surface area contributed by atoms with E-state index in [1.807, 2.05) is 24.3 Å². The summed E-state index contributed by atoms with van der Waals surface area (Å²) in [6.45, 7) is 0. The Morgan fingerprint density at radius 1 is 0.500 bits per heavy atom. The summed E-state index contributed by atoms with van der Waals surface area (Å²) in [7, 11) is 0. The van der Waals surface area contributed by atoms with Gasteiger partial charge in [0.15, 0.2) is 30.5 Å². The lowest BCUT2D eigenvalue weighted by atomic mass is 10.3. The van der Waals surface area contributed by atoms with Crippen molar-refractivity contribution in [3.63, 3.8) is 0 Å². The van der Waals surface area contributed by atoms with Crippen LogP contribution >= 0.6 is 0 Å². The third-order valence-corrected chi connectivity index (χ3v) is 8.83. The van der Waals surface area contributed by atoms with E-state index in [0.717, 1.165) is 0 Å². The Morgan fingerprint density at radius 2 is 0.900 bits per heavy atom. The van der Waals surface area contributed by atoms with Crippen LogP contribution in [0, 0.1) is 10.7 Å². The lowest BCUT2D eigenvalue weighted by molar-refractivity contribution is -0.832. The summed E-state index contributed by atoms with van der Waals surface area (Å²) in [6.07, 6.45) is 0. The second-order valence-corrected chi connectivity index (χ2v) is 9.68. The van der Waals surface area contributed by atoms with Gasteiger partial charge >= 0.3 is 0 Å². The summed E-state index contributed by atoms with van der Waals surface area (Å²) in [5, 5.41) is 11.3. The maximum Gasteiger partial charge on any atom is 0.173 e. The quantitative estimate of drug-likeness (QED) is 0.606. The van der Waals surface area contributed by atoms with Gasteiger partial charge in [-0.05, 0) is 36.4 Å². The molecule has 0 aliphatic heterocycles. The van der Waals surface area contributed by atoms with E-state index in [0.29, 0.717) is 0 Å². The monoisotopic (exact) mass is 373 g/mol. The molecule has 99 valence electrons. The number of hydrogen-bond acceptors (Lipinski definition) is 1. The molecule has 0 atom stereocenters. The minimum atomic E-state index is -1.68. The van der Waals surface area contributed by atoms with Gasteiger partial charge in [0.2, 0.25) is 0 Å². The summed E-state index contributed by atoms with van der Waals surface area (Å²) >= 11 is -1.68. The zero-order valence-corrected chi connectivity index (χ0v) is 13.0. The van der Waals surface area contributed by atoms with Gasteiger partial charge in [-0.1, -0.05) is 48.5 Å². The molecule has 0 aromatic heterocycles. The number of hydrogen-bond donors (Lipinski definition) is 0. The van der Waals surface area contributed by atoms with E-state index in [2.05, 4.69) is 48.5 Å². The van der Waals surface area contributed by atoms with E-state index >= 15 is 0 Å². The van der Waals surface area contributed by atoms with Gasteiger partial charge in [-0.3, -0.25) is 0 Å². The molecule has 1 radical (unpaired) electrons. The zero-order chi connectivity index (χ0) is 13.8. The first-order chi connectivity index (χ1) is 9.84. The average Bonchev–Trinajstić information content (AvgIpc) is 2.52. The fraction of sp³-hybridized carbons (Fsp3) is 0. The largest absolute Gasteiger partial charge is 0.872 e. The molecule has 3 aromatic rings. The summed E-state index contributed by atoms with van der Waals surface area (Å²) in [6, 6.07) is 28.6. The van der Waals surface area contributed by atoms with Crippen molar-refractivity contribution in [1.82, 2.24) is 0 Å². The smallest absolute Gasteiger partial charge is 0.173 e. The van der Waals surface area contributed by atoms with E-state index in [1.165, 1.54) is 10.7 Å². The lowest BCUT2D eigenvalue weighted by Crippen LogP contribution is -3.85. The maximum absolute atomic E-state index is 11.3. The predicted molar refractivity (Wildman–Crippen MR) is 74.9 cm³/mol. The van der Waals surface area contributed by atoms with Crippen LogP contribution in [-0.4, -0.2) is 0 Å². The fourth-order valence-corrected chi connectivity index (χ4v) is 7.52. The molecule has 0 aliphatic carbocycles. The summed E-state index contributed by atoms with van der Waals surface area (Å²) in [4.78, 5) is 0. The van der Waals surface area contributed by atoms with Crippen LogP contribution in [0.15, 0.2) is 84.9 Å². The van der Waals surface area contributed by atoms with Crippen LogP contribution in [0.2, 0.25) is 0 Å². The van der Waals surface area contributed by atoms with Crippen LogP contribution in [0.5, 0.6) is 5.75 Å². The molecule has 0 spiro atoms. The summed E-state index contributed by atoms with van der Waals surface area (Å²) < 4.78 is 4.08. The molecule has 3 rings (SSSR count). The zero-order valence-electron chi connectivity index (χ0n) is 10.9. The van der Waals surface area contributed by atoms with Crippen molar-refractivity contribution in [3.05, 3.63) is 95.6 Å². The Bertz CT molecular complexity index is 623. The number of rotatable bonds is 3. The van der Waals surface area contributed by atoms with Crippen molar-refractivity contribution in [1.29, 1.82) is 0 Å². The first kappa shape index (κ1) is 13.2.